The summed E-state index contributed by atoms with van der Waals surface area (Å²) in [6.45, 7) is 3.90. The van der Waals surface area contributed by atoms with Crippen LogP contribution in [0.2, 0.25) is 0 Å². The Labute approximate surface area is 103 Å². The Morgan fingerprint density at radius 1 is 1.18 bits per heavy atom. The van der Waals surface area contributed by atoms with Crippen LogP contribution in [0.1, 0.15) is 6.92 Å². The predicted molar refractivity (Wildman–Crippen MR) is 68.8 cm³/mol. The van der Waals surface area contributed by atoms with Crippen molar-refractivity contribution >= 4 is 5.69 Å². The van der Waals surface area contributed by atoms with Crippen molar-refractivity contribution in [1.82, 2.24) is 0 Å². The topological polar surface area (TPSA) is 39.7 Å². The summed E-state index contributed by atoms with van der Waals surface area (Å²) < 4.78 is 15.5. The summed E-state index contributed by atoms with van der Waals surface area (Å²) in [6, 6.07) is 8.15. The summed E-state index contributed by atoms with van der Waals surface area (Å²) >= 11 is 0. The lowest BCUT2D eigenvalue weighted by molar-refractivity contribution is 0.146. The first-order chi connectivity index (χ1) is 8.26. The van der Waals surface area contributed by atoms with Crippen molar-refractivity contribution in [3.8, 4) is 5.75 Å². The molecular formula is C13H21NO3. The summed E-state index contributed by atoms with van der Waals surface area (Å²) in [6.07, 6.45) is 0. The molecule has 0 radical (unpaired) electrons. The average molecular weight is 239 g/mol. The molecule has 1 atom stereocenters. The fourth-order valence-electron chi connectivity index (χ4n) is 1.49. The quantitative estimate of drug-likeness (QED) is 0.706. The third-order valence-electron chi connectivity index (χ3n) is 2.22. The second-order valence-electron chi connectivity index (χ2n) is 3.87. The van der Waals surface area contributed by atoms with E-state index in [0.717, 1.165) is 11.4 Å². The largest absolute Gasteiger partial charge is 0.491 e. The zero-order chi connectivity index (χ0) is 12.5. The van der Waals surface area contributed by atoms with Gasteiger partial charge in [-0.15, -0.1) is 0 Å². The van der Waals surface area contributed by atoms with Gasteiger partial charge in [0.15, 0.2) is 0 Å². The Bertz CT molecular complexity index is 317. The van der Waals surface area contributed by atoms with E-state index in [-0.39, 0.29) is 6.04 Å². The molecule has 0 aliphatic heterocycles. The molecule has 4 heteroatoms. The van der Waals surface area contributed by atoms with Crippen LogP contribution in [0.15, 0.2) is 24.3 Å². The second-order valence-corrected chi connectivity index (χ2v) is 3.87. The van der Waals surface area contributed by atoms with Crippen LogP contribution in [0.4, 0.5) is 5.69 Å². The molecule has 1 rings (SSSR count). The third kappa shape index (κ3) is 5.56. The first-order valence-electron chi connectivity index (χ1n) is 5.73. The molecule has 1 unspecified atom stereocenters. The van der Waals surface area contributed by atoms with Gasteiger partial charge in [-0.3, -0.25) is 0 Å². The smallest absolute Gasteiger partial charge is 0.121 e. The number of ether oxygens (including phenoxy) is 3. The molecular weight excluding hydrogens is 218 g/mol. The van der Waals surface area contributed by atoms with Gasteiger partial charge in [0, 0.05) is 32.0 Å². The van der Waals surface area contributed by atoms with E-state index in [1.807, 2.05) is 24.3 Å². The molecule has 1 aromatic rings. The van der Waals surface area contributed by atoms with Crippen LogP contribution in [0, 0.1) is 0 Å². The molecule has 0 aliphatic rings. The van der Waals surface area contributed by atoms with Crippen molar-refractivity contribution in [3.05, 3.63) is 24.3 Å². The van der Waals surface area contributed by atoms with E-state index >= 15 is 0 Å². The fourth-order valence-corrected chi connectivity index (χ4v) is 1.49. The molecule has 0 saturated carbocycles. The summed E-state index contributed by atoms with van der Waals surface area (Å²) in [5.41, 5.74) is 1.03. The van der Waals surface area contributed by atoms with Gasteiger partial charge < -0.3 is 19.5 Å². The normalized spacial score (nSPS) is 12.2. The summed E-state index contributed by atoms with van der Waals surface area (Å²) in [7, 11) is 3.36. The highest BCUT2D eigenvalue weighted by Gasteiger charge is 2.02. The van der Waals surface area contributed by atoms with Gasteiger partial charge in [-0.25, -0.2) is 0 Å². The van der Waals surface area contributed by atoms with E-state index in [2.05, 4.69) is 12.2 Å². The maximum Gasteiger partial charge on any atom is 0.121 e. The first-order valence-corrected chi connectivity index (χ1v) is 5.73. The Morgan fingerprint density at radius 2 is 2.00 bits per heavy atom. The first kappa shape index (κ1) is 13.8. The summed E-state index contributed by atoms with van der Waals surface area (Å²) in [5.74, 6) is 0.844. The van der Waals surface area contributed by atoms with Crippen LogP contribution in [-0.4, -0.2) is 40.1 Å². The molecule has 0 aliphatic carbocycles. The minimum atomic E-state index is 0.272. The Hall–Kier alpha value is -1.26. The van der Waals surface area contributed by atoms with Crippen LogP contribution >= 0.6 is 0 Å². The van der Waals surface area contributed by atoms with Crippen LogP contribution < -0.4 is 10.1 Å². The van der Waals surface area contributed by atoms with Crippen molar-refractivity contribution in [3.63, 3.8) is 0 Å². The lowest BCUT2D eigenvalue weighted by atomic mass is 10.2. The molecule has 4 nitrogen and oxygen atoms in total. The minimum Gasteiger partial charge on any atom is -0.491 e. The Kier molecular flexibility index (Phi) is 6.43. The van der Waals surface area contributed by atoms with Gasteiger partial charge >= 0.3 is 0 Å². The van der Waals surface area contributed by atoms with E-state index < -0.39 is 0 Å². The Morgan fingerprint density at radius 3 is 2.71 bits per heavy atom. The molecule has 0 fully saturated rings. The number of hydrogen-bond donors (Lipinski definition) is 1. The molecule has 17 heavy (non-hydrogen) atoms. The highest BCUT2D eigenvalue weighted by atomic mass is 16.5. The molecule has 0 saturated heterocycles. The number of nitrogens with one attached hydrogen (secondary N) is 1. The summed E-state index contributed by atoms with van der Waals surface area (Å²) in [5, 5.41) is 3.34. The highest BCUT2D eigenvalue weighted by Crippen LogP contribution is 2.17. The van der Waals surface area contributed by atoms with Gasteiger partial charge in [0.2, 0.25) is 0 Å². The number of hydrogen-bond acceptors (Lipinski definition) is 4. The van der Waals surface area contributed by atoms with E-state index in [9.17, 15) is 0 Å². The van der Waals surface area contributed by atoms with E-state index in [1.54, 1.807) is 14.2 Å². The standard InChI is InChI=1S/C13H21NO3/c1-11(10-16-3)14-12-5-4-6-13(9-12)17-8-7-15-2/h4-6,9,11,14H,7-8,10H2,1-3H3. The number of rotatable bonds is 8. The van der Waals surface area contributed by atoms with Gasteiger partial charge in [-0.2, -0.15) is 0 Å². The SMILES string of the molecule is COCCOc1cccc(NC(C)COC)c1. The maximum absolute atomic E-state index is 5.53. The molecule has 0 spiro atoms. The van der Waals surface area contributed by atoms with E-state index in [4.69, 9.17) is 14.2 Å². The average Bonchev–Trinajstić information content (AvgIpc) is 2.30. The summed E-state index contributed by atoms with van der Waals surface area (Å²) in [4.78, 5) is 0. The van der Waals surface area contributed by atoms with Crippen molar-refractivity contribution < 1.29 is 14.2 Å². The van der Waals surface area contributed by atoms with Crippen molar-refractivity contribution in [2.24, 2.45) is 0 Å². The third-order valence-corrected chi connectivity index (χ3v) is 2.22. The molecule has 96 valence electrons. The van der Waals surface area contributed by atoms with Crippen LogP contribution in [0.5, 0.6) is 5.75 Å². The molecule has 1 aromatic carbocycles. The molecule has 0 aromatic heterocycles. The van der Waals surface area contributed by atoms with Gasteiger partial charge in [0.1, 0.15) is 12.4 Å². The number of benzene rings is 1. The van der Waals surface area contributed by atoms with Gasteiger partial charge in [-0.05, 0) is 19.1 Å². The maximum atomic E-state index is 5.53. The van der Waals surface area contributed by atoms with Crippen LogP contribution in [0.25, 0.3) is 0 Å². The molecule has 0 amide bonds. The lowest BCUT2D eigenvalue weighted by Crippen LogP contribution is -2.20. The Balaban J connectivity index is 2.47. The second kappa shape index (κ2) is 7.92. The number of methoxy groups -OCH3 is 2. The molecule has 0 bridgehead atoms. The van der Waals surface area contributed by atoms with Crippen molar-refractivity contribution in [2.45, 2.75) is 13.0 Å². The molecule has 1 N–H and O–H groups in total. The van der Waals surface area contributed by atoms with E-state index in [1.165, 1.54) is 0 Å². The van der Waals surface area contributed by atoms with Crippen LogP contribution in [-0.2, 0) is 9.47 Å². The predicted octanol–water partition coefficient (Wildman–Crippen LogP) is 2.16. The number of anilines is 1. The zero-order valence-electron chi connectivity index (χ0n) is 10.7. The lowest BCUT2D eigenvalue weighted by Gasteiger charge is -2.15. The fraction of sp³-hybridized carbons (Fsp3) is 0.538. The monoisotopic (exact) mass is 239 g/mol. The van der Waals surface area contributed by atoms with Crippen molar-refractivity contribution in [1.29, 1.82) is 0 Å². The highest BCUT2D eigenvalue weighted by molar-refractivity contribution is 5.48. The minimum absolute atomic E-state index is 0.272. The van der Waals surface area contributed by atoms with Gasteiger partial charge in [0.25, 0.3) is 0 Å². The van der Waals surface area contributed by atoms with Gasteiger partial charge in [0.05, 0.1) is 13.2 Å². The van der Waals surface area contributed by atoms with Crippen LogP contribution in [0.3, 0.4) is 0 Å². The van der Waals surface area contributed by atoms with E-state index in [0.29, 0.717) is 19.8 Å². The molecule has 0 heterocycles. The zero-order valence-corrected chi connectivity index (χ0v) is 10.7. The van der Waals surface area contributed by atoms with Gasteiger partial charge in [-0.1, -0.05) is 6.07 Å². The van der Waals surface area contributed by atoms with Crippen molar-refractivity contribution in [2.75, 3.05) is 39.4 Å².